The maximum absolute atomic E-state index is 13.8. The van der Waals surface area contributed by atoms with Gasteiger partial charge in [0.05, 0.1) is 28.8 Å². The first-order valence-corrected chi connectivity index (χ1v) is 9.27. The van der Waals surface area contributed by atoms with E-state index in [0.29, 0.717) is 9.47 Å². The van der Waals surface area contributed by atoms with Crippen LogP contribution in [0.2, 0.25) is 0 Å². The first-order chi connectivity index (χ1) is 15.0. The predicted octanol–water partition coefficient (Wildman–Crippen LogP) is 4.36. The smallest absolute Gasteiger partial charge is 0.324 e. The number of carbonyl (C=O) groups excluding carboxylic acids is 2. The first-order valence-electron chi connectivity index (χ1n) is 9.27. The van der Waals surface area contributed by atoms with Crippen LogP contribution >= 0.6 is 0 Å². The van der Waals surface area contributed by atoms with Gasteiger partial charge >= 0.3 is 12.4 Å². The molecule has 12 heteroatoms. The highest BCUT2D eigenvalue weighted by Crippen LogP contribution is 2.38. The van der Waals surface area contributed by atoms with Crippen LogP contribution in [-0.2, 0) is 22.3 Å². The number of amides is 2. The van der Waals surface area contributed by atoms with E-state index in [1.807, 2.05) is 0 Å². The van der Waals surface area contributed by atoms with Gasteiger partial charge in [-0.25, -0.2) is 4.98 Å². The summed E-state index contributed by atoms with van der Waals surface area (Å²) in [6.07, 6.45) is -11.0. The lowest BCUT2D eigenvalue weighted by molar-refractivity contribution is -0.158. The van der Waals surface area contributed by atoms with Crippen molar-refractivity contribution in [1.29, 1.82) is 0 Å². The van der Waals surface area contributed by atoms with Crippen LogP contribution in [0.4, 0.5) is 37.7 Å². The minimum Gasteiger partial charge on any atom is -0.324 e. The SMILES string of the molecule is O=C1CC(C(F)(F)F)N(C(=O)Cn2c(C(F)(F)F)nc3ccccc32)c2ccccc2N1. The van der Waals surface area contributed by atoms with Gasteiger partial charge in [0.25, 0.3) is 0 Å². The number of para-hydroxylation sites is 4. The Bertz CT molecular complexity index is 1200. The van der Waals surface area contributed by atoms with Crippen molar-refractivity contribution >= 4 is 34.2 Å². The van der Waals surface area contributed by atoms with Crippen molar-refractivity contribution in [3.63, 3.8) is 0 Å². The molecule has 2 amide bonds. The number of aromatic nitrogens is 2. The van der Waals surface area contributed by atoms with Crippen LogP contribution in [0.15, 0.2) is 48.5 Å². The van der Waals surface area contributed by atoms with Crippen molar-refractivity contribution in [3.8, 4) is 0 Å². The minimum atomic E-state index is -5.01. The number of rotatable bonds is 2. The van der Waals surface area contributed by atoms with E-state index < -0.39 is 49.0 Å². The number of nitrogens with zero attached hydrogens (tertiary/aromatic N) is 3. The fraction of sp³-hybridized carbons (Fsp3) is 0.250. The van der Waals surface area contributed by atoms with E-state index in [0.717, 1.165) is 0 Å². The van der Waals surface area contributed by atoms with Gasteiger partial charge in [-0.3, -0.25) is 14.5 Å². The highest BCUT2D eigenvalue weighted by Gasteiger charge is 2.49. The number of benzene rings is 2. The molecule has 3 aromatic rings. The lowest BCUT2D eigenvalue weighted by Crippen LogP contribution is -2.50. The monoisotopic (exact) mass is 456 g/mol. The molecule has 1 N–H and O–H groups in total. The lowest BCUT2D eigenvalue weighted by atomic mass is 10.1. The predicted molar refractivity (Wildman–Crippen MR) is 102 cm³/mol. The number of carbonyl (C=O) groups is 2. The van der Waals surface area contributed by atoms with Crippen LogP contribution in [0.1, 0.15) is 12.2 Å². The van der Waals surface area contributed by atoms with Crippen LogP contribution in [0, 0.1) is 0 Å². The van der Waals surface area contributed by atoms with Gasteiger partial charge in [0, 0.05) is 0 Å². The fourth-order valence-corrected chi connectivity index (χ4v) is 3.66. The van der Waals surface area contributed by atoms with Gasteiger partial charge in [-0.05, 0) is 24.3 Å². The second kappa shape index (κ2) is 7.53. The molecule has 32 heavy (non-hydrogen) atoms. The summed E-state index contributed by atoms with van der Waals surface area (Å²) in [5.41, 5.74) is -0.435. The normalized spacial score (nSPS) is 17.1. The highest BCUT2D eigenvalue weighted by molar-refractivity contribution is 6.04. The van der Waals surface area contributed by atoms with E-state index in [1.54, 1.807) is 0 Å². The van der Waals surface area contributed by atoms with Crippen molar-refractivity contribution in [2.45, 2.75) is 31.4 Å². The first kappa shape index (κ1) is 21.7. The molecule has 2 heterocycles. The van der Waals surface area contributed by atoms with E-state index >= 15 is 0 Å². The Morgan fingerprint density at radius 1 is 1.03 bits per heavy atom. The standard InChI is InChI=1S/C20H14F6N4O2/c21-19(22,23)15-9-16(31)27-12-6-2-4-8-14(12)30(15)17(32)10-29-13-7-3-1-5-11(13)28-18(29)20(24,25)26/h1-8,15H,9-10H2,(H,27,31). The van der Waals surface area contributed by atoms with E-state index in [1.165, 1.54) is 48.5 Å². The van der Waals surface area contributed by atoms with Crippen LogP contribution in [0.3, 0.4) is 0 Å². The van der Waals surface area contributed by atoms with Crippen molar-refractivity contribution in [1.82, 2.24) is 9.55 Å². The Hall–Kier alpha value is -3.57. The summed E-state index contributed by atoms with van der Waals surface area (Å²) < 4.78 is 82.7. The summed E-state index contributed by atoms with van der Waals surface area (Å²) in [7, 11) is 0. The number of halogens is 6. The molecule has 6 nitrogen and oxygen atoms in total. The average molecular weight is 456 g/mol. The van der Waals surface area contributed by atoms with Gasteiger partial charge in [0.2, 0.25) is 17.6 Å². The molecule has 2 aromatic carbocycles. The summed E-state index contributed by atoms with van der Waals surface area (Å²) in [6.45, 7) is -1.07. The van der Waals surface area contributed by atoms with Crippen molar-refractivity contribution < 1.29 is 35.9 Å². The molecule has 4 rings (SSSR count). The fourth-order valence-electron chi connectivity index (χ4n) is 3.66. The third-order valence-electron chi connectivity index (χ3n) is 4.98. The number of imidazole rings is 1. The lowest BCUT2D eigenvalue weighted by Gasteiger charge is -2.32. The molecule has 1 aromatic heterocycles. The Morgan fingerprint density at radius 2 is 1.69 bits per heavy atom. The Morgan fingerprint density at radius 3 is 2.38 bits per heavy atom. The molecule has 0 radical (unpaired) electrons. The molecule has 1 aliphatic rings. The second-order valence-corrected chi connectivity index (χ2v) is 7.10. The highest BCUT2D eigenvalue weighted by atomic mass is 19.4. The largest absolute Gasteiger partial charge is 0.449 e. The third kappa shape index (κ3) is 3.87. The molecule has 1 unspecified atom stereocenters. The molecule has 1 aliphatic heterocycles. The van der Waals surface area contributed by atoms with Gasteiger partial charge < -0.3 is 9.88 Å². The molecular formula is C20H14F6N4O2. The molecule has 0 fully saturated rings. The number of anilines is 2. The van der Waals surface area contributed by atoms with Crippen molar-refractivity contribution in [2.75, 3.05) is 10.2 Å². The van der Waals surface area contributed by atoms with Crippen LogP contribution in [0.5, 0.6) is 0 Å². The number of nitrogens with one attached hydrogen (secondary N) is 1. The van der Waals surface area contributed by atoms with E-state index in [9.17, 15) is 35.9 Å². The summed E-state index contributed by atoms with van der Waals surface area (Å²) >= 11 is 0. The van der Waals surface area contributed by atoms with Crippen LogP contribution in [0.25, 0.3) is 11.0 Å². The zero-order chi connectivity index (χ0) is 23.3. The van der Waals surface area contributed by atoms with Gasteiger partial charge in [0.15, 0.2) is 0 Å². The second-order valence-electron chi connectivity index (χ2n) is 7.10. The Kier molecular flexibility index (Phi) is 5.10. The van der Waals surface area contributed by atoms with Crippen molar-refractivity contribution in [3.05, 3.63) is 54.4 Å². The van der Waals surface area contributed by atoms with E-state index in [-0.39, 0.29) is 22.4 Å². The van der Waals surface area contributed by atoms with E-state index in [4.69, 9.17) is 0 Å². The topological polar surface area (TPSA) is 67.2 Å². The Labute approximate surface area is 176 Å². The quantitative estimate of drug-likeness (QED) is 0.583. The minimum absolute atomic E-state index is 0.0517. The summed E-state index contributed by atoms with van der Waals surface area (Å²) in [4.78, 5) is 29.0. The molecule has 1 atom stereocenters. The summed E-state index contributed by atoms with van der Waals surface area (Å²) in [5, 5.41) is 2.30. The van der Waals surface area contributed by atoms with Gasteiger partial charge in [0.1, 0.15) is 12.6 Å². The van der Waals surface area contributed by atoms with Crippen LogP contribution in [-0.4, -0.2) is 33.6 Å². The third-order valence-corrected chi connectivity index (χ3v) is 4.98. The molecule has 0 spiro atoms. The van der Waals surface area contributed by atoms with Crippen molar-refractivity contribution in [2.24, 2.45) is 0 Å². The molecule has 0 bridgehead atoms. The van der Waals surface area contributed by atoms with Gasteiger partial charge in [-0.2, -0.15) is 26.3 Å². The molecule has 168 valence electrons. The van der Waals surface area contributed by atoms with Gasteiger partial charge in [-0.15, -0.1) is 0 Å². The molecule has 0 aliphatic carbocycles. The molecule has 0 saturated carbocycles. The number of hydrogen-bond donors (Lipinski definition) is 1. The number of alkyl halides is 6. The van der Waals surface area contributed by atoms with E-state index in [2.05, 4.69) is 10.3 Å². The summed E-state index contributed by atoms with van der Waals surface area (Å²) in [5.74, 6) is -3.66. The zero-order valence-corrected chi connectivity index (χ0v) is 16.0. The average Bonchev–Trinajstić information content (AvgIpc) is 2.98. The number of fused-ring (bicyclic) bond motifs is 2. The maximum atomic E-state index is 13.8. The summed E-state index contributed by atoms with van der Waals surface area (Å²) in [6, 6.07) is 8.20. The Balaban J connectivity index is 1.84. The zero-order valence-electron chi connectivity index (χ0n) is 16.0. The van der Waals surface area contributed by atoms with Crippen LogP contribution < -0.4 is 10.2 Å². The molecule has 0 saturated heterocycles. The number of hydrogen-bond acceptors (Lipinski definition) is 3. The van der Waals surface area contributed by atoms with Gasteiger partial charge in [-0.1, -0.05) is 24.3 Å². The maximum Gasteiger partial charge on any atom is 0.449 e. The molecular weight excluding hydrogens is 442 g/mol.